The van der Waals surface area contributed by atoms with Gasteiger partial charge in [-0.25, -0.2) is 0 Å². The van der Waals surface area contributed by atoms with Gasteiger partial charge in [0.15, 0.2) is 0 Å². The number of nitrogens with zero attached hydrogens (tertiary/aromatic N) is 1. The highest BCUT2D eigenvalue weighted by Crippen LogP contribution is 2.46. The Balaban J connectivity index is 1.21. The number of hydrogen-bond donors (Lipinski definition) is 0. The van der Waals surface area contributed by atoms with Gasteiger partial charge in [0.25, 0.3) is 0 Å². The van der Waals surface area contributed by atoms with Crippen LogP contribution >= 0.6 is 11.3 Å². The summed E-state index contributed by atoms with van der Waals surface area (Å²) in [6, 6.07) is 68.0. The largest absolute Gasteiger partial charge is 0.310 e. The van der Waals surface area contributed by atoms with Gasteiger partial charge in [-0.2, -0.15) is 0 Å². The van der Waals surface area contributed by atoms with Crippen LogP contribution in [-0.4, -0.2) is 0 Å². The van der Waals surface area contributed by atoms with E-state index in [9.17, 15) is 0 Å². The van der Waals surface area contributed by atoms with Crippen molar-refractivity contribution in [2.45, 2.75) is 0 Å². The standard InChI is InChI=1S/C46H31NS/c1-4-14-32(15-5-1)33-24-26-35(27-25-33)38-20-12-13-23-44(38)47(36-18-8-3-9-19-36)37-28-29-40-43-31-42(34-16-6-2-7-17-34)39-21-10-11-22-41(39)46(43)48-45(40)30-37/h1-31H. The Hall–Kier alpha value is -5.96. The fourth-order valence-corrected chi connectivity index (χ4v) is 8.23. The third kappa shape index (κ3) is 4.95. The Morgan fingerprint density at radius 3 is 1.65 bits per heavy atom. The van der Waals surface area contributed by atoms with Crippen molar-refractivity contribution in [3.63, 3.8) is 0 Å². The minimum absolute atomic E-state index is 1.13. The Morgan fingerprint density at radius 2 is 0.896 bits per heavy atom. The molecule has 1 aromatic heterocycles. The zero-order valence-corrected chi connectivity index (χ0v) is 27.1. The van der Waals surface area contributed by atoms with Crippen LogP contribution in [-0.2, 0) is 0 Å². The quantitative estimate of drug-likeness (QED) is 0.177. The van der Waals surface area contributed by atoms with Crippen molar-refractivity contribution in [1.82, 2.24) is 0 Å². The second-order valence-corrected chi connectivity index (χ2v) is 13.2. The topological polar surface area (TPSA) is 3.24 Å². The van der Waals surface area contributed by atoms with Gasteiger partial charge in [-0.3, -0.25) is 0 Å². The number of hydrogen-bond acceptors (Lipinski definition) is 2. The molecule has 0 atom stereocenters. The number of para-hydroxylation sites is 2. The number of thiophene rings is 1. The molecule has 0 saturated heterocycles. The maximum atomic E-state index is 2.40. The Bertz CT molecular complexity index is 2530. The predicted molar refractivity (Wildman–Crippen MR) is 208 cm³/mol. The van der Waals surface area contributed by atoms with Crippen LogP contribution in [0.2, 0.25) is 0 Å². The fraction of sp³-hybridized carbons (Fsp3) is 0. The zero-order valence-electron chi connectivity index (χ0n) is 26.3. The number of fused-ring (bicyclic) bond motifs is 5. The van der Waals surface area contributed by atoms with E-state index >= 15 is 0 Å². The molecule has 0 unspecified atom stereocenters. The second kappa shape index (κ2) is 12.0. The van der Waals surface area contributed by atoms with E-state index in [2.05, 4.69) is 193 Å². The summed E-state index contributed by atoms with van der Waals surface area (Å²) in [5, 5.41) is 5.20. The van der Waals surface area contributed by atoms with Crippen LogP contribution < -0.4 is 4.90 Å². The molecule has 0 spiro atoms. The van der Waals surface area contributed by atoms with Crippen LogP contribution in [0.15, 0.2) is 188 Å². The van der Waals surface area contributed by atoms with Crippen LogP contribution in [0.25, 0.3) is 64.3 Å². The maximum absolute atomic E-state index is 2.40. The first kappa shape index (κ1) is 28.3. The summed E-state index contributed by atoms with van der Waals surface area (Å²) in [6.45, 7) is 0. The Labute approximate surface area is 284 Å². The molecular formula is C46H31NS. The van der Waals surface area contributed by atoms with Crippen LogP contribution in [0.5, 0.6) is 0 Å². The van der Waals surface area contributed by atoms with Crippen molar-refractivity contribution in [2.24, 2.45) is 0 Å². The molecule has 0 saturated carbocycles. The van der Waals surface area contributed by atoms with Gasteiger partial charge < -0.3 is 4.90 Å². The summed E-state index contributed by atoms with van der Waals surface area (Å²) in [5.74, 6) is 0. The zero-order chi connectivity index (χ0) is 31.9. The predicted octanol–water partition coefficient (Wildman–Crippen LogP) is 13.7. The van der Waals surface area contributed by atoms with E-state index in [0.717, 1.165) is 17.1 Å². The molecule has 0 aliphatic rings. The average molecular weight is 630 g/mol. The molecular weight excluding hydrogens is 599 g/mol. The third-order valence-corrected chi connectivity index (χ3v) is 10.5. The van der Waals surface area contributed by atoms with Crippen LogP contribution in [0.4, 0.5) is 17.1 Å². The summed E-state index contributed by atoms with van der Waals surface area (Å²) >= 11 is 1.89. The summed E-state index contributed by atoms with van der Waals surface area (Å²) < 4.78 is 2.62. The van der Waals surface area contributed by atoms with Crippen molar-refractivity contribution in [3.05, 3.63) is 188 Å². The van der Waals surface area contributed by atoms with Crippen molar-refractivity contribution >= 4 is 59.3 Å². The normalized spacial score (nSPS) is 11.3. The smallest absolute Gasteiger partial charge is 0.0540 e. The SMILES string of the molecule is c1ccc(-c2ccc(-c3ccccc3N(c3ccccc3)c3ccc4c(c3)sc3c5ccccc5c(-c5ccccc5)cc43)cc2)cc1. The lowest BCUT2D eigenvalue weighted by Crippen LogP contribution is -2.11. The molecule has 8 aromatic carbocycles. The van der Waals surface area contributed by atoms with Crippen LogP contribution in [0.1, 0.15) is 0 Å². The minimum atomic E-state index is 1.13. The van der Waals surface area contributed by atoms with Gasteiger partial charge in [-0.1, -0.05) is 152 Å². The summed E-state index contributed by atoms with van der Waals surface area (Å²) in [6.07, 6.45) is 0. The lowest BCUT2D eigenvalue weighted by atomic mass is 9.95. The minimum Gasteiger partial charge on any atom is -0.310 e. The van der Waals surface area contributed by atoms with Crippen molar-refractivity contribution in [3.8, 4) is 33.4 Å². The summed E-state index contributed by atoms with van der Waals surface area (Å²) in [5.41, 5.74) is 10.8. The molecule has 1 nitrogen and oxygen atoms in total. The lowest BCUT2D eigenvalue weighted by Gasteiger charge is -2.28. The van der Waals surface area contributed by atoms with E-state index in [1.54, 1.807) is 0 Å². The molecule has 226 valence electrons. The Morgan fingerprint density at radius 1 is 0.333 bits per heavy atom. The third-order valence-electron chi connectivity index (χ3n) is 9.27. The summed E-state index contributed by atoms with van der Waals surface area (Å²) in [7, 11) is 0. The van der Waals surface area contributed by atoms with Gasteiger partial charge in [-0.05, 0) is 69.6 Å². The van der Waals surface area contributed by atoms with Gasteiger partial charge in [0.2, 0.25) is 0 Å². The lowest BCUT2D eigenvalue weighted by molar-refractivity contribution is 1.29. The monoisotopic (exact) mass is 629 g/mol. The molecule has 0 fully saturated rings. The summed E-state index contributed by atoms with van der Waals surface area (Å²) in [4.78, 5) is 2.40. The van der Waals surface area contributed by atoms with Gasteiger partial charge in [0, 0.05) is 42.5 Å². The Kier molecular flexibility index (Phi) is 7.07. The average Bonchev–Trinajstić information content (AvgIpc) is 3.54. The first-order valence-electron chi connectivity index (χ1n) is 16.4. The highest BCUT2D eigenvalue weighted by molar-refractivity contribution is 7.26. The van der Waals surface area contributed by atoms with E-state index in [1.165, 1.54) is 64.3 Å². The molecule has 9 rings (SSSR count). The molecule has 0 radical (unpaired) electrons. The number of anilines is 3. The number of benzene rings is 8. The van der Waals surface area contributed by atoms with E-state index in [4.69, 9.17) is 0 Å². The first-order valence-corrected chi connectivity index (χ1v) is 17.2. The van der Waals surface area contributed by atoms with Crippen LogP contribution in [0, 0.1) is 0 Å². The molecule has 1 heterocycles. The van der Waals surface area contributed by atoms with Gasteiger partial charge in [0.05, 0.1) is 5.69 Å². The molecule has 0 aliphatic carbocycles. The fourth-order valence-electron chi connectivity index (χ4n) is 6.97. The molecule has 48 heavy (non-hydrogen) atoms. The first-order chi connectivity index (χ1) is 23.8. The maximum Gasteiger partial charge on any atom is 0.0540 e. The van der Waals surface area contributed by atoms with E-state index in [-0.39, 0.29) is 0 Å². The van der Waals surface area contributed by atoms with E-state index in [1.807, 2.05) is 11.3 Å². The van der Waals surface area contributed by atoms with E-state index < -0.39 is 0 Å². The van der Waals surface area contributed by atoms with Crippen LogP contribution in [0.3, 0.4) is 0 Å². The molecule has 0 aliphatic heterocycles. The molecule has 0 amide bonds. The highest BCUT2D eigenvalue weighted by Gasteiger charge is 2.19. The van der Waals surface area contributed by atoms with Gasteiger partial charge in [-0.15, -0.1) is 11.3 Å². The number of rotatable bonds is 6. The molecule has 0 bridgehead atoms. The van der Waals surface area contributed by atoms with Gasteiger partial charge in [0.1, 0.15) is 0 Å². The second-order valence-electron chi connectivity index (χ2n) is 12.1. The van der Waals surface area contributed by atoms with Gasteiger partial charge >= 0.3 is 0 Å². The molecule has 9 aromatic rings. The highest BCUT2D eigenvalue weighted by atomic mass is 32.1. The van der Waals surface area contributed by atoms with Crippen molar-refractivity contribution in [1.29, 1.82) is 0 Å². The van der Waals surface area contributed by atoms with Crippen molar-refractivity contribution in [2.75, 3.05) is 4.90 Å². The van der Waals surface area contributed by atoms with E-state index in [0.29, 0.717) is 0 Å². The molecule has 2 heteroatoms. The van der Waals surface area contributed by atoms with Crippen molar-refractivity contribution < 1.29 is 0 Å². The molecule has 0 N–H and O–H groups in total.